The highest BCUT2D eigenvalue weighted by Gasteiger charge is 2.42. The number of carbonyl (C=O) groups excluding carboxylic acids is 5. The van der Waals surface area contributed by atoms with Crippen molar-refractivity contribution in [3.05, 3.63) is 29.3 Å². The molecule has 36 heavy (non-hydrogen) atoms. The molecule has 0 saturated carbocycles. The minimum atomic E-state index is -1.24. The maximum absolute atomic E-state index is 13.6. The number of likely N-dealkylation sites (tertiary alicyclic amines) is 1. The largest absolute Gasteiger partial charge is 0.481 e. The average molecular weight is 503 g/mol. The third-order valence-electron chi connectivity index (χ3n) is 6.00. The number of aldehydes is 1. The number of amides is 4. The Balaban J connectivity index is 2.26. The van der Waals surface area contributed by atoms with Crippen molar-refractivity contribution in [3.63, 3.8) is 0 Å². The van der Waals surface area contributed by atoms with E-state index in [4.69, 9.17) is 5.11 Å². The molecule has 11 heteroatoms. The van der Waals surface area contributed by atoms with Crippen LogP contribution in [0.1, 0.15) is 62.9 Å². The third kappa shape index (κ3) is 7.12. The Morgan fingerprint density at radius 2 is 1.83 bits per heavy atom. The van der Waals surface area contributed by atoms with Crippen LogP contribution in [0.25, 0.3) is 0 Å². The zero-order chi connectivity index (χ0) is 27.2. The Morgan fingerprint density at radius 3 is 2.39 bits per heavy atom. The van der Waals surface area contributed by atoms with Crippen molar-refractivity contribution < 1.29 is 33.9 Å². The molecule has 4 amide bonds. The summed E-state index contributed by atoms with van der Waals surface area (Å²) in [6.45, 7) is 8.70. The molecule has 1 aromatic rings. The number of carboxylic acids is 1. The van der Waals surface area contributed by atoms with Crippen LogP contribution in [0.2, 0.25) is 0 Å². The molecule has 1 aliphatic rings. The second-order valence-electron chi connectivity index (χ2n) is 9.97. The molecular weight excluding hydrogens is 468 g/mol. The van der Waals surface area contributed by atoms with E-state index in [0.717, 1.165) is 0 Å². The first-order chi connectivity index (χ1) is 16.8. The first-order valence-electron chi connectivity index (χ1n) is 11.7. The van der Waals surface area contributed by atoms with Crippen LogP contribution in [0.3, 0.4) is 0 Å². The Morgan fingerprint density at radius 1 is 1.17 bits per heavy atom. The highest BCUT2D eigenvalue weighted by Crippen LogP contribution is 2.27. The normalized spacial score (nSPS) is 17.0. The van der Waals surface area contributed by atoms with Crippen LogP contribution in [-0.4, -0.2) is 70.6 Å². The summed E-state index contributed by atoms with van der Waals surface area (Å²) in [7, 11) is 0. The van der Waals surface area contributed by atoms with E-state index in [1.165, 1.54) is 11.8 Å². The van der Waals surface area contributed by atoms with Gasteiger partial charge in [0, 0.05) is 24.7 Å². The molecule has 11 nitrogen and oxygen atoms in total. The maximum atomic E-state index is 13.6. The minimum absolute atomic E-state index is 0.279. The van der Waals surface area contributed by atoms with Gasteiger partial charge in [0.1, 0.15) is 18.4 Å². The number of anilines is 1. The summed E-state index contributed by atoms with van der Waals surface area (Å²) in [5.74, 6) is -3.09. The lowest BCUT2D eigenvalue weighted by Gasteiger charge is -2.35. The van der Waals surface area contributed by atoms with Crippen LogP contribution in [0.5, 0.6) is 0 Å². The molecule has 1 saturated heterocycles. The molecule has 1 aliphatic heterocycles. The van der Waals surface area contributed by atoms with E-state index in [9.17, 15) is 28.8 Å². The summed E-state index contributed by atoms with van der Waals surface area (Å²) in [4.78, 5) is 74.6. The summed E-state index contributed by atoms with van der Waals surface area (Å²) >= 11 is 0. The zero-order valence-electron chi connectivity index (χ0n) is 21.2. The highest BCUT2D eigenvalue weighted by molar-refractivity contribution is 6.01. The lowest BCUT2D eigenvalue weighted by molar-refractivity contribution is -0.143. The lowest BCUT2D eigenvalue weighted by Crippen LogP contribution is -2.58. The molecular formula is C25H34N4O7. The van der Waals surface area contributed by atoms with Gasteiger partial charge in [0.2, 0.25) is 17.7 Å². The molecule has 1 heterocycles. The second-order valence-corrected chi connectivity index (χ2v) is 9.97. The van der Waals surface area contributed by atoms with Gasteiger partial charge in [0.15, 0.2) is 0 Å². The number of aliphatic carboxylic acids is 1. The minimum Gasteiger partial charge on any atom is -0.481 e. The van der Waals surface area contributed by atoms with Gasteiger partial charge in [-0.2, -0.15) is 0 Å². The molecule has 1 aromatic carbocycles. The van der Waals surface area contributed by atoms with E-state index in [2.05, 4.69) is 16.0 Å². The Bertz CT molecular complexity index is 1050. The Hall–Kier alpha value is -3.76. The van der Waals surface area contributed by atoms with E-state index in [0.29, 0.717) is 35.9 Å². The molecule has 196 valence electrons. The Labute approximate surface area is 210 Å². The molecule has 4 N–H and O–H groups in total. The van der Waals surface area contributed by atoms with Crippen LogP contribution >= 0.6 is 0 Å². The van der Waals surface area contributed by atoms with Crippen molar-refractivity contribution in [1.29, 1.82) is 0 Å². The van der Waals surface area contributed by atoms with Crippen LogP contribution < -0.4 is 16.0 Å². The molecule has 0 bridgehead atoms. The van der Waals surface area contributed by atoms with E-state index in [1.54, 1.807) is 45.9 Å². The number of nitrogens with zero attached hydrogens (tertiary/aromatic N) is 1. The van der Waals surface area contributed by atoms with E-state index < -0.39 is 53.7 Å². The number of hydrogen-bond acceptors (Lipinski definition) is 6. The number of benzene rings is 1. The molecule has 0 spiro atoms. The van der Waals surface area contributed by atoms with Gasteiger partial charge < -0.3 is 30.8 Å². The molecule has 2 rings (SSSR count). The SMILES string of the molecule is CC(=O)Nc1cccc(C(=O)N[C@H](C(=O)N2CCC[C@H]2C(=O)N[C@H](C=O)CC(=O)O)C(C)(C)C)c1C. The topological polar surface area (TPSA) is 162 Å². The van der Waals surface area contributed by atoms with Gasteiger partial charge in [-0.05, 0) is 42.9 Å². The summed E-state index contributed by atoms with van der Waals surface area (Å²) in [5, 5.41) is 16.8. The van der Waals surface area contributed by atoms with Crippen molar-refractivity contribution in [2.45, 2.75) is 72.0 Å². The van der Waals surface area contributed by atoms with Crippen molar-refractivity contribution in [2.75, 3.05) is 11.9 Å². The summed E-state index contributed by atoms with van der Waals surface area (Å²) in [6, 6.07) is 1.81. The van der Waals surface area contributed by atoms with Gasteiger partial charge in [0.05, 0.1) is 12.5 Å². The van der Waals surface area contributed by atoms with Gasteiger partial charge in [-0.1, -0.05) is 26.8 Å². The smallest absolute Gasteiger partial charge is 0.305 e. The number of rotatable bonds is 9. The van der Waals surface area contributed by atoms with Gasteiger partial charge in [0.25, 0.3) is 5.91 Å². The predicted octanol–water partition coefficient (Wildman–Crippen LogP) is 1.25. The first kappa shape index (κ1) is 28.5. The number of nitrogens with one attached hydrogen (secondary N) is 3. The monoisotopic (exact) mass is 502 g/mol. The van der Waals surface area contributed by atoms with Crippen molar-refractivity contribution in [3.8, 4) is 0 Å². The fourth-order valence-electron chi connectivity index (χ4n) is 4.13. The van der Waals surface area contributed by atoms with Crippen LogP contribution in [-0.2, 0) is 24.0 Å². The molecule has 0 aliphatic carbocycles. The summed E-state index contributed by atoms with van der Waals surface area (Å²) < 4.78 is 0. The van der Waals surface area contributed by atoms with Gasteiger partial charge in [-0.3, -0.25) is 24.0 Å². The van der Waals surface area contributed by atoms with Crippen LogP contribution in [0.4, 0.5) is 5.69 Å². The number of carbonyl (C=O) groups is 6. The maximum Gasteiger partial charge on any atom is 0.305 e. The molecule has 0 radical (unpaired) electrons. The number of carboxylic acid groups (broad SMARTS) is 1. The van der Waals surface area contributed by atoms with Gasteiger partial charge in [-0.15, -0.1) is 0 Å². The fourth-order valence-corrected chi connectivity index (χ4v) is 4.13. The van der Waals surface area contributed by atoms with Gasteiger partial charge >= 0.3 is 5.97 Å². The standard InChI is InChI=1S/C25H34N4O7/c1-14-17(8-6-9-18(14)26-15(2)31)22(34)28-21(25(3,4)5)24(36)29-11-7-10-19(29)23(35)27-16(13-30)12-20(32)33/h6,8-9,13,16,19,21H,7,10-12H2,1-5H3,(H,26,31)(H,27,35)(H,28,34)(H,32,33)/t16-,19-,21+/m0/s1. The van der Waals surface area contributed by atoms with Crippen molar-refractivity contribution in [2.24, 2.45) is 5.41 Å². The predicted molar refractivity (Wildman–Crippen MR) is 131 cm³/mol. The fraction of sp³-hybridized carbons (Fsp3) is 0.520. The number of hydrogen-bond donors (Lipinski definition) is 4. The van der Waals surface area contributed by atoms with Crippen LogP contribution in [0, 0.1) is 12.3 Å². The van der Waals surface area contributed by atoms with Crippen molar-refractivity contribution in [1.82, 2.24) is 15.5 Å². The summed E-state index contributed by atoms with van der Waals surface area (Å²) in [5.41, 5.74) is 0.605. The summed E-state index contributed by atoms with van der Waals surface area (Å²) in [6.07, 6.45) is 0.673. The zero-order valence-corrected chi connectivity index (χ0v) is 21.2. The average Bonchev–Trinajstić information content (AvgIpc) is 3.26. The van der Waals surface area contributed by atoms with Gasteiger partial charge in [-0.25, -0.2) is 0 Å². The Kier molecular flexibility index (Phi) is 9.32. The highest BCUT2D eigenvalue weighted by atomic mass is 16.4. The van der Waals surface area contributed by atoms with E-state index in [1.807, 2.05) is 0 Å². The first-order valence-corrected chi connectivity index (χ1v) is 11.7. The van der Waals surface area contributed by atoms with Crippen LogP contribution in [0.15, 0.2) is 18.2 Å². The van der Waals surface area contributed by atoms with Crippen molar-refractivity contribution >= 4 is 41.6 Å². The molecule has 0 unspecified atom stereocenters. The van der Waals surface area contributed by atoms with E-state index in [-0.39, 0.29) is 12.5 Å². The molecule has 0 aromatic heterocycles. The lowest BCUT2D eigenvalue weighted by atomic mass is 9.85. The molecule has 1 fully saturated rings. The second kappa shape index (κ2) is 11.8. The van der Waals surface area contributed by atoms with E-state index >= 15 is 0 Å². The molecule has 3 atom stereocenters. The quantitative estimate of drug-likeness (QED) is 0.369. The third-order valence-corrected chi connectivity index (χ3v) is 6.00.